The fraction of sp³-hybridized carbons (Fsp3) is 0.400. The second-order valence-corrected chi connectivity index (χ2v) is 8.82. The van der Waals surface area contributed by atoms with E-state index >= 15 is 0 Å². The molecule has 0 spiro atoms. The van der Waals surface area contributed by atoms with Gasteiger partial charge in [0.05, 0.1) is 31.1 Å². The van der Waals surface area contributed by atoms with Crippen molar-refractivity contribution in [1.29, 1.82) is 0 Å². The van der Waals surface area contributed by atoms with Gasteiger partial charge in [-0.25, -0.2) is 0 Å². The quantitative estimate of drug-likeness (QED) is 0.400. The van der Waals surface area contributed by atoms with Crippen molar-refractivity contribution >= 4 is 11.5 Å². The molecule has 5 rings (SSSR count). The molecule has 0 bridgehead atoms. The summed E-state index contributed by atoms with van der Waals surface area (Å²) in [6.07, 6.45) is 0. The first-order valence-corrected chi connectivity index (χ1v) is 11.7. The Bertz CT molecular complexity index is 1240. The van der Waals surface area contributed by atoms with Gasteiger partial charge in [-0.2, -0.15) is 19.7 Å². The summed E-state index contributed by atoms with van der Waals surface area (Å²) in [5, 5.41) is 9.65. The van der Waals surface area contributed by atoms with E-state index in [4.69, 9.17) is 24.7 Å². The van der Waals surface area contributed by atoms with Gasteiger partial charge in [-0.15, -0.1) is 0 Å². The van der Waals surface area contributed by atoms with Gasteiger partial charge in [-0.3, -0.25) is 4.68 Å². The zero-order valence-electron chi connectivity index (χ0n) is 20.0. The summed E-state index contributed by atoms with van der Waals surface area (Å²) >= 11 is 0. The van der Waals surface area contributed by atoms with E-state index in [1.807, 2.05) is 46.5 Å². The van der Waals surface area contributed by atoms with E-state index in [9.17, 15) is 0 Å². The van der Waals surface area contributed by atoms with Crippen molar-refractivity contribution in [2.75, 3.05) is 51.8 Å². The number of hydrogen-bond donors (Lipinski definition) is 0. The van der Waals surface area contributed by atoms with Crippen LogP contribution in [-0.2, 0) is 17.9 Å². The molecule has 0 unspecified atom stereocenters. The van der Waals surface area contributed by atoms with Crippen molar-refractivity contribution in [3.63, 3.8) is 0 Å². The Morgan fingerprint density at radius 3 is 2.59 bits per heavy atom. The lowest BCUT2D eigenvalue weighted by atomic mass is 10.2. The maximum atomic E-state index is 6.11. The van der Waals surface area contributed by atoms with Crippen LogP contribution in [0.5, 0.6) is 5.88 Å². The highest BCUT2D eigenvalue weighted by atomic mass is 16.5. The number of aryl methyl sites for hydroxylation is 1. The van der Waals surface area contributed by atoms with E-state index < -0.39 is 0 Å². The summed E-state index contributed by atoms with van der Waals surface area (Å²) in [7, 11) is 4.13. The molecule has 1 saturated heterocycles. The Morgan fingerprint density at radius 2 is 1.82 bits per heavy atom. The van der Waals surface area contributed by atoms with E-state index in [1.165, 1.54) is 0 Å². The molecular weight excluding hydrogens is 430 g/mol. The topological polar surface area (TPSA) is 73.0 Å². The molecule has 4 aromatic rings. The maximum Gasteiger partial charge on any atom is 0.219 e. The average molecular weight is 462 g/mol. The Kier molecular flexibility index (Phi) is 6.46. The zero-order chi connectivity index (χ0) is 23.5. The van der Waals surface area contributed by atoms with Crippen molar-refractivity contribution in [2.24, 2.45) is 0 Å². The van der Waals surface area contributed by atoms with Crippen molar-refractivity contribution in [2.45, 2.75) is 20.1 Å². The summed E-state index contributed by atoms with van der Waals surface area (Å²) in [6, 6.07) is 16.2. The van der Waals surface area contributed by atoms with Crippen LogP contribution in [0.3, 0.4) is 0 Å². The van der Waals surface area contributed by atoms with Crippen LogP contribution in [0.25, 0.3) is 17.0 Å². The number of hydrogen-bond acceptors (Lipinski definition) is 7. The molecular formula is C25H31N7O2. The molecule has 3 aromatic heterocycles. The number of anilines is 1. The Morgan fingerprint density at radius 1 is 1.03 bits per heavy atom. The fourth-order valence-electron chi connectivity index (χ4n) is 4.10. The molecule has 4 heterocycles. The van der Waals surface area contributed by atoms with E-state index in [0.29, 0.717) is 25.7 Å². The number of benzene rings is 1. The summed E-state index contributed by atoms with van der Waals surface area (Å²) in [4.78, 5) is 9.21. The van der Waals surface area contributed by atoms with E-state index in [0.717, 1.165) is 60.3 Å². The summed E-state index contributed by atoms with van der Waals surface area (Å²) < 4.78 is 15.6. The van der Waals surface area contributed by atoms with Crippen molar-refractivity contribution < 1.29 is 9.47 Å². The first-order valence-electron chi connectivity index (χ1n) is 11.7. The minimum Gasteiger partial charge on any atom is -0.473 e. The summed E-state index contributed by atoms with van der Waals surface area (Å²) in [6.45, 7) is 7.14. The van der Waals surface area contributed by atoms with Crippen molar-refractivity contribution in [3.05, 3.63) is 59.8 Å². The third-order valence-electron chi connectivity index (χ3n) is 5.87. The lowest BCUT2D eigenvalue weighted by molar-refractivity contribution is 0.122. The SMILES string of the molecule is Cc1cc(-c2cc3nc(OCc4ccccc4)cc(N4CCOCC4)n3n2)n(CCN(C)C)n1. The van der Waals surface area contributed by atoms with Crippen LogP contribution < -0.4 is 9.64 Å². The molecule has 0 amide bonds. The molecule has 1 aliphatic heterocycles. The van der Waals surface area contributed by atoms with Crippen molar-refractivity contribution in [3.8, 4) is 17.3 Å². The van der Waals surface area contributed by atoms with Gasteiger partial charge in [0.1, 0.15) is 18.1 Å². The molecule has 0 saturated carbocycles. The summed E-state index contributed by atoms with van der Waals surface area (Å²) in [5.41, 5.74) is 4.66. The first-order chi connectivity index (χ1) is 16.6. The number of aromatic nitrogens is 5. The monoisotopic (exact) mass is 461 g/mol. The highest BCUT2D eigenvalue weighted by Gasteiger charge is 2.20. The number of morpholine rings is 1. The third-order valence-corrected chi connectivity index (χ3v) is 5.87. The molecule has 34 heavy (non-hydrogen) atoms. The molecule has 0 radical (unpaired) electrons. The minimum atomic E-state index is 0.462. The highest BCUT2D eigenvalue weighted by Crippen LogP contribution is 2.27. The lowest BCUT2D eigenvalue weighted by Crippen LogP contribution is -2.37. The summed E-state index contributed by atoms with van der Waals surface area (Å²) in [5.74, 6) is 1.54. The minimum absolute atomic E-state index is 0.462. The molecule has 1 aliphatic rings. The fourth-order valence-corrected chi connectivity index (χ4v) is 4.10. The van der Waals surface area contributed by atoms with Crippen LogP contribution in [0.4, 0.5) is 5.82 Å². The number of ether oxygens (including phenoxy) is 2. The van der Waals surface area contributed by atoms with Gasteiger partial charge in [-0.1, -0.05) is 30.3 Å². The van der Waals surface area contributed by atoms with Gasteiger partial charge in [-0.05, 0) is 32.6 Å². The Labute approximate surface area is 199 Å². The van der Waals surface area contributed by atoms with Gasteiger partial charge in [0.2, 0.25) is 5.88 Å². The highest BCUT2D eigenvalue weighted by molar-refractivity contribution is 5.64. The normalized spacial score (nSPS) is 14.3. The van der Waals surface area contributed by atoms with Gasteiger partial charge in [0.25, 0.3) is 0 Å². The zero-order valence-corrected chi connectivity index (χ0v) is 20.0. The van der Waals surface area contributed by atoms with Crippen LogP contribution in [0.15, 0.2) is 48.5 Å². The second-order valence-electron chi connectivity index (χ2n) is 8.82. The van der Waals surface area contributed by atoms with Gasteiger partial charge in [0.15, 0.2) is 5.65 Å². The Balaban J connectivity index is 1.52. The van der Waals surface area contributed by atoms with E-state index in [1.54, 1.807) is 0 Å². The van der Waals surface area contributed by atoms with E-state index in [2.05, 4.69) is 42.1 Å². The van der Waals surface area contributed by atoms with E-state index in [-0.39, 0.29) is 0 Å². The number of nitrogens with zero attached hydrogens (tertiary/aromatic N) is 7. The number of likely N-dealkylation sites (N-methyl/N-ethyl adjacent to an activating group) is 1. The van der Waals surface area contributed by atoms with Gasteiger partial charge < -0.3 is 19.3 Å². The maximum absolute atomic E-state index is 6.11. The molecule has 1 fully saturated rings. The van der Waals surface area contributed by atoms with Crippen LogP contribution in [0, 0.1) is 6.92 Å². The smallest absolute Gasteiger partial charge is 0.219 e. The van der Waals surface area contributed by atoms with Gasteiger partial charge >= 0.3 is 0 Å². The molecule has 0 aliphatic carbocycles. The molecule has 9 nitrogen and oxygen atoms in total. The number of rotatable bonds is 8. The predicted molar refractivity (Wildman–Crippen MR) is 131 cm³/mol. The van der Waals surface area contributed by atoms with Crippen LogP contribution in [-0.4, -0.2) is 76.2 Å². The third kappa shape index (κ3) is 4.90. The van der Waals surface area contributed by atoms with Crippen molar-refractivity contribution in [1.82, 2.24) is 29.3 Å². The standard InChI is InChI=1S/C25H31N7O2/c1-19-15-22(31(27-19)10-9-29(2)3)21-16-23-26-24(34-18-20-7-5-4-6-8-20)17-25(32(23)28-21)30-11-13-33-14-12-30/h4-8,15-17H,9-14,18H2,1-3H3. The van der Waals surface area contributed by atoms with Crippen LogP contribution >= 0.6 is 0 Å². The lowest BCUT2D eigenvalue weighted by Gasteiger charge is -2.29. The first kappa shape index (κ1) is 22.4. The predicted octanol–water partition coefficient (Wildman–Crippen LogP) is 2.88. The van der Waals surface area contributed by atoms with Crippen LogP contribution in [0.1, 0.15) is 11.3 Å². The molecule has 0 N–H and O–H groups in total. The number of fused-ring (bicyclic) bond motifs is 1. The molecule has 9 heteroatoms. The largest absolute Gasteiger partial charge is 0.473 e. The molecule has 178 valence electrons. The van der Waals surface area contributed by atoms with Crippen LogP contribution in [0.2, 0.25) is 0 Å². The Hall–Kier alpha value is -3.43. The van der Waals surface area contributed by atoms with Gasteiger partial charge in [0, 0.05) is 31.8 Å². The molecule has 1 aromatic carbocycles. The second kappa shape index (κ2) is 9.82. The average Bonchev–Trinajstić information content (AvgIpc) is 3.45. The molecule has 0 atom stereocenters.